The minimum atomic E-state index is -3.68. The predicted octanol–water partition coefficient (Wildman–Crippen LogP) is 4.31. The number of sulfonamides is 1. The molecule has 0 saturated carbocycles. The van der Waals surface area contributed by atoms with Gasteiger partial charge in [0.25, 0.3) is 0 Å². The van der Waals surface area contributed by atoms with Gasteiger partial charge in [0.05, 0.1) is 30.1 Å². The first kappa shape index (κ1) is 26.4. The number of hydrogen-bond acceptors (Lipinski definition) is 6. The molecule has 0 spiro atoms. The van der Waals surface area contributed by atoms with Crippen molar-refractivity contribution >= 4 is 26.6 Å². The van der Waals surface area contributed by atoms with Gasteiger partial charge in [-0.25, -0.2) is 26.9 Å². The standard InChI is InChI=1S/C27H26F2N6O3S/c1-18-4-3-5-20(10-18)14-39(37,38)33-23-7-9-26-21(11-23)13-31-35(26)19(2)27(36,15-34-17-30-16-32-34)24-8-6-22(28)12-25(24)29/h3-13,16-17,19,33,36H,14-15H2,1-2H3/t19-,27-/m1/s1. The molecule has 0 unspecified atom stereocenters. The van der Waals surface area contributed by atoms with E-state index in [1.807, 2.05) is 25.1 Å². The van der Waals surface area contributed by atoms with Crippen LogP contribution in [0.5, 0.6) is 0 Å². The van der Waals surface area contributed by atoms with Gasteiger partial charge in [-0.3, -0.25) is 9.40 Å². The van der Waals surface area contributed by atoms with E-state index in [-0.39, 0.29) is 17.9 Å². The number of nitrogens with zero attached hydrogens (tertiary/aromatic N) is 5. The Hall–Kier alpha value is -4.16. The van der Waals surface area contributed by atoms with Crippen molar-refractivity contribution in [3.63, 3.8) is 0 Å². The average Bonchev–Trinajstić information content (AvgIpc) is 3.52. The Labute approximate surface area is 223 Å². The Balaban J connectivity index is 1.46. The summed E-state index contributed by atoms with van der Waals surface area (Å²) in [6.07, 6.45) is 4.20. The second kappa shape index (κ2) is 10.2. The van der Waals surface area contributed by atoms with Crippen molar-refractivity contribution in [2.75, 3.05) is 4.72 Å². The highest BCUT2D eigenvalue weighted by atomic mass is 32.2. The van der Waals surface area contributed by atoms with E-state index in [2.05, 4.69) is 19.9 Å². The molecule has 2 N–H and O–H groups in total. The Morgan fingerprint density at radius 3 is 2.62 bits per heavy atom. The van der Waals surface area contributed by atoms with Crippen LogP contribution in [0.3, 0.4) is 0 Å². The highest BCUT2D eigenvalue weighted by Crippen LogP contribution is 2.38. The van der Waals surface area contributed by atoms with Gasteiger partial charge < -0.3 is 5.11 Å². The van der Waals surface area contributed by atoms with Crippen LogP contribution < -0.4 is 4.72 Å². The monoisotopic (exact) mass is 552 g/mol. The molecule has 12 heteroatoms. The minimum Gasteiger partial charge on any atom is -0.381 e. The summed E-state index contributed by atoms with van der Waals surface area (Å²) in [5.74, 6) is -1.86. The Kier molecular flexibility index (Phi) is 6.91. The summed E-state index contributed by atoms with van der Waals surface area (Å²) in [5, 5.41) is 20.9. The molecular weight excluding hydrogens is 526 g/mol. The lowest BCUT2D eigenvalue weighted by Gasteiger charge is -2.35. The van der Waals surface area contributed by atoms with Crippen LogP contribution in [-0.2, 0) is 27.9 Å². The molecule has 5 aromatic rings. The first-order valence-electron chi connectivity index (χ1n) is 12.1. The number of anilines is 1. The summed E-state index contributed by atoms with van der Waals surface area (Å²) in [6.45, 7) is 3.37. The van der Waals surface area contributed by atoms with Crippen LogP contribution in [-0.4, -0.2) is 38.1 Å². The smallest absolute Gasteiger partial charge is 0.236 e. The highest BCUT2D eigenvalue weighted by molar-refractivity contribution is 7.91. The van der Waals surface area contributed by atoms with E-state index in [0.717, 1.165) is 11.6 Å². The van der Waals surface area contributed by atoms with Crippen LogP contribution in [0.15, 0.2) is 79.5 Å². The maximum Gasteiger partial charge on any atom is 0.236 e. The number of benzene rings is 3. The predicted molar refractivity (Wildman–Crippen MR) is 142 cm³/mol. The Morgan fingerprint density at radius 2 is 1.90 bits per heavy atom. The molecule has 0 aliphatic heterocycles. The van der Waals surface area contributed by atoms with Crippen molar-refractivity contribution in [2.24, 2.45) is 0 Å². The van der Waals surface area contributed by atoms with Crippen LogP contribution in [0.1, 0.15) is 29.7 Å². The largest absolute Gasteiger partial charge is 0.381 e. The first-order valence-corrected chi connectivity index (χ1v) is 13.7. The van der Waals surface area contributed by atoms with E-state index in [4.69, 9.17) is 0 Å². The summed E-state index contributed by atoms with van der Waals surface area (Å²) in [5.41, 5.74) is 0.530. The van der Waals surface area contributed by atoms with Gasteiger partial charge >= 0.3 is 0 Å². The maximum atomic E-state index is 14.9. The van der Waals surface area contributed by atoms with Gasteiger partial charge in [-0.1, -0.05) is 35.9 Å². The van der Waals surface area contributed by atoms with Crippen LogP contribution in [0.25, 0.3) is 10.9 Å². The molecule has 2 aromatic heterocycles. The van der Waals surface area contributed by atoms with Gasteiger partial charge in [0, 0.05) is 22.7 Å². The number of nitrogens with one attached hydrogen (secondary N) is 1. The van der Waals surface area contributed by atoms with Gasteiger partial charge in [0.1, 0.15) is 29.9 Å². The third kappa shape index (κ3) is 5.52. The minimum absolute atomic E-state index is 0.129. The lowest BCUT2D eigenvalue weighted by atomic mass is 9.86. The van der Waals surface area contributed by atoms with Crippen LogP contribution in [0.2, 0.25) is 0 Å². The Bertz CT molecular complexity index is 1740. The molecule has 0 amide bonds. The zero-order valence-corrected chi connectivity index (χ0v) is 22.0. The molecular formula is C27H26F2N6O3S. The van der Waals surface area contributed by atoms with Crippen molar-refractivity contribution < 1.29 is 22.3 Å². The molecule has 2 heterocycles. The molecule has 0 aliphatic carbocycles. The van der Waals surface area contributed by atoms with E-state index in [9.17, 15) is 22.3 Å². The molecule has 0 saturated heterocycles. The normalized spacial score (nSPS) is 14.3. The van der Waals surface area contributed by atoms with Crippen molar-refractivity contribution in [3.8, 4) is 0 Å². The lowest BCUT2D eigenvalue weighted by molar-refractivity contribution is -0.0354. The van der Waals surface area contributed by atoms with Gasteiger partial charge in [-0.05, 0) is 43.7 Å². The summed E-state index contributed by atoms with van der Waals surface area (Å²) >= 11 is 0. The molecule has 0 bridgehead atoms. The Morgan fingerprint density at radius 1 is 1.08 bits per heavy atom. The molecule has 202 valence electrons. The van der Waals surface area contributed by atoms with Crippen LogP contribution in [0, 0.1) is 18.6 Å². The van der Waals surface area contributed by atoms with Crippen molar-refractivity contribution in [2.45, 2.75) is 37.8 Å². The second-order valence-electron chi connectivity index (χ2n) is 9.53. The van der Waals surface area contributed by atoms with Gasteiger partial charge in [0.2, 0.25) is 10.0 Å². The van der Waals surface area contributed by atoms with E-state index in [1.165, 1.54) is 34.3 Å². The first-order chi connectivity index (χ1) is 18.5. The molecule has 39 heavy (non-hydrogen) atoms. The number of aliphatic hydroxyl groups is 1. The molecule has 0 aliphatic rings. The van der Waals surface area contributed by atoms with Crippen molar-refractivity contribution in [1.29, 1.82) is 0 Å². The number of hydrogen-bond donors (Lipinski definition) is 2. The maximum absolute atomic E-state index is 14.9. The van der Waals surface area contributed by atoms with Gasteiger partial charge in [0.15, 0.2) is 0 Å². The zero-order valence-electron chi connectivity index (χ0n) is 21.2. The van der Waals surface area contributed by atoms with E-state index in [0.29, 0.717) is 28.2 Å². The number of rotatable bonds is 9. The molecule has 9 nitrogen and oxygen atoms in total. The fourth-order valence-electron chi connectivity index (χ4n) is 4.71. The summed E-state index contributed by atoms with van der Waals surface area (Å²) in [4.78, 5) is 3.89. The number of halogens is 2. The number of fused-ring (bicyclic) bond motifs is 1. The lowest BCUT2D eigenvalue weighted by Crippen LogP contribution is -2.41. The van der Waals surface area contributed by atoms with E-state index >= 15 is 0 Å². The topological polar surface area (TPSA) is 115 Å². The van der Waals surface area contributed by atoms with Gasteiger partial charge in [-0.2, -0.15) is 10.2 Å². The van der Waals surface area contributed by atoms with Crippen molar-refractivity contribution in [3.05, 3.63) is 108 Å². The summed E-state index contributed by atoms with van der Waals surface area (Å²) in [6, 6.07) is 14.3. The summed E-state index contributed by atoms with van der Waals surface area (Å²) < 4.78 is 59.6. The zero-order chi connectivity index (χ0) is 27.8. The molecule has 0 radical (unpaired) electrons. The number of aryl methyl sites for hydroxylation is 1. The number of aromatic nitrogens is 5. The fraction of sp³-hybridized carbons (Fsp3) is 0.222. The van der Waals surface area contributed by atoms with E-state index in [1.54, 1.807) is 31.2 Å². The average molecular weight is 553 g/mol. The van der Waals surface area contributed by atoms with Crippen LogP contribution in [0.4, 0.5) is 14.5 Å². The van der Waals surface area contributed by atoms with Crippen molar-refractivity contribution in [1.82, 2.24) is 24.5 Å². The molecule has 3 aromatic carbocycles. The van der Waals surface area contributed by atoms with Gasteiger partial charge in [-0.15, -0.1) is 0 Å². The highest BCUT2D eigenvalue weighted by Gasteiger charge is 2.41. The fourth-order valence-corrected chi connectivity index (χ4v) is 5.89. The second-order valence-corrected chi connectivity index (χ2v) is 11.3. The molecule has 5 rings (SSSR count). The molecule has 2 atom stereocenters. The third-order valence-electron chi connectivity index (χ3n) is 6.63. The SMILES string of the molecule is Cc1cccc(CS(=O)(=O)Nc2ccc3c(cnn3[C@H](C)[C@](O)(Cn3cncn3)c3ccc(F)cc3F)c2)c1. The molecule has 0 fully saturated rings. The summed E-state index contributed by atoms with van der Waals surface area (Å²) in [7, 11) is -3.68. The van der Waals surface area contributed by atoms with E-state index < -0.39 is 33.3 Å². The third-order valence-corrected chi connectivity index (χ3v) is 7.89. The quantitative estimate of drug-likeness (QED) is 0.282. The van der Waals surface area contributed by atoms with Crippen LogP contribution >= 0.6 is 0 Å².